The van der Waals surface area contributed by atoms with Crippen molar-refractivity contribution in [3.63, 3.8) is 0 Å². The molecule has 0 N–H and O–H groups in total. The number of carbonyl (C=O) groups is 2. The third kappa shape index (κ3) is 3.58. The second-order valence-electron chi connectivity index (χ2n) is 6.91. The molecule has 0 fully saturated rings. The number of aromatic nitrogens is 4. The number of unbranched alkanes of at least 4 members (excludes halogenated alkanes) is 1. The van der Waals surface area contributed by atoms with Crippen molar-refractivity contribution in [1.82, 2.24) is 25.1 Å². The minimum Gasteiger partial charge on any atom is -0.274 e. The predicted octanol–water partition coefficient (Wildman–Crippen LogP) is 2.60. The van der Waals surface area contributed by atoms with Gasteiger partial charge in [0.05, 0.1) is 16.7 Å². The molecule has 0 saturated carbocycles. The quantitative estimate of drug-likeness (QED) is 0.448. The largest absolute Gasteiger partial charge is 0.274 e. The van der Waals surface area contributed by atoms with E-state index in [1.165, 1.54) is 4.90 Å². The zero-order chi connectivity index (χ0) is 18.0. The predicted molar refractivity (Wildman–Crippen MR) is 94.6 cm³/mol. The summed E-state index contributed by atoms with van der Waals surface area (Å²) in [5, 5.41) is 12.6. The van der Waals surface area contributed by atoms with Crippen LogP contribution in [0.25, 0.3) is 0 Å². The second kappa shape index (κ2) is 6.95. The molecule has 2 amide bonds. The lowest BCUT2D eigenvalue weighted by Crippen LogP contribution is -2.30. The molecule has 1 aromatic heterocycles. The fraction of sp³-hybridized carbons (Fsp3) is 0.471. The molecule has 2 aromatic rings. The topological polar surface area (TPSA) is 81.0 Å². The van der Waals surface area contributed by atoms with E-state index in [1.807, 2.05) is 4.68 Å². The van der Waals surface area contributed by atoms with Gasteiger partial charge in [0.15, 0.2) is 0 Å². The molecule has 1 aliphatic rings. The van der Waals surface area contributed by atoms with Gasteiger partial charge in [0.25, 0.3) is 11.8 Å². The number of nitrogens with zero attached hydrogens (tertiary/aromatic N) is 5. The summed E-state index contributed by atoms with van der Waals surface area (Å²) in [7, 11) is 0. The zero-order valence-corrected chi connectivity index (χ0v) is 15.4. The number of hydrogen-bond acceptors (Lipinski definition) is 6. The maximum atomic E-state index is 12.3. The zero-order valence-electron chi connectivity index (χ0n) is 14.6. The average molecular weight is 359 g/mol. The molecule has 2 heterocycles. The lowest BCUT2D eigenvalue weighted by molar-refractivity contribution is 0.0652. The fourth-order valence-electron chi connectivity index (χ4n) is 2.67. The smallest absolute Gasteiger partial charge is 0.261 e. The molecule has 0 bridgehead atoms. The van der Waals surface area contributed by atoms with E-state index in [0.717, 1.165) is 23.8 Å². The van der Waals surface area contributed by atoms with E-state index in [2.05, 4.69) is 36.3 Å². The number of fused-ring (bicyclic) bond motifs is 1. The summed E-state index contributed by atoms with van der Waals surface area (Å²) >= 11 is 1.59. The van der Waals surface area contributed by atoms with Gasteiger partial charge >= 0.3 is 0 Å². The normalized spacial score (nSPS) is 14.3. The Hall–Kier alpha value is -2.22. The summed E-state index contributed by atoms with van der Waals surface area (Å²) in [5.41, 5.74) is 0.851. The Kier molecular flexibility index (Phi) is 4.89. The molecule has 8 heteroatoms. The molecular weight excluding hydrogens is 338 g/mol. The maximum absolute atomic E-state index is 12.3. The number of benzene rings is 1. The minimum atomic E-state index is -0.190. The summed E-state index contributed by atoms with van der Waals surface area (Å²) in [6, 6.07) is 6.97. The van der Waals surface area contributed by atoms with Crippen LogP contribution in [0.3, 0.4) is 0 Å². The second-order valence-corrected chi connectivity index (χ2v) is 7.97. The van der Waals surface area contributed by atoms with Crippen molar-refractivity contribution < 1.29 is 9.59 Å². The van der Waals surface area contributed by atoms with Gasteiger partial charge in [0.1, 0.15) is 0 Å². The Bertz CT molecular complexity index is 761. The molecule has 0 saturated heterocycles. The molecule has 1 aromatic carbocycles. The first-order chi connectivity index (χ1) is 11.9. The highest BCUT2D eigenvalue weighted by Crippen LogP contribution is 2.24. The molecule has 3 rings (SSSR count). The number of rotatable bonds is 6. The van der Waals surface area contributed by atoms with Gasteiger partial charge in [0.2, 0.25) is 5.16 Å². The van der Waals surface area contributed by atoms with Crippen LogP contribution in [0.15, 0.2) is 29.4 Å². The van der Waals surface area contributed by atoms with Crippen LogP contribution in [0, 0.1) is 0 Å². The highest BCUT2D eigenvalue weighted by molar-refractivity contribution is 7.99. The van der Waals surface area contributed by atoms with Gasteiger partial charge in [-0.15, -0.1) is 5.10 Å². The molecule has 0 spiro atoms. The van der Waals surface area contributed by atoms with Crippen molar-refractivity contribution in [2.45, 2.75) is 44.3 Å². The number of amides is 2. The van der Waals surface area contributed by atoms with Gasteiger partial charge in [-0.2, -0.15) is 0 Å². The molecular formula is C17H21N5O2S. The molecule has 7 nitrogen and oxygen atoms in total. The molecule has 0 unspecified atom stereocenters. The lowest BCUT2D eigenvalue weighted by Gasteiger charge is -2.19. The molecule has 25 heavy (non-hydrogen) atoms. The first-order valence-electron chi connectivity index (χ1n) is 8.26. The summed E-state index contributed by atoms with van der Waals surface area (Å²) in [6.45, 7) is 6.60. The van der Waals surface area contributed by atoms with E-state index in [9.17, 15) is 9.59 Å². The Morgan fingerprint density at radius 1 is 1.04 bits per heavy atom. The average Bonchev–Trinajstić information content (AvgIpc) is 3.13. The Balaban J connectivity index is 1.48. The fourth-order valence-corrected chi connectivity index (χ4v) is 3.73. The van der Waals surface area contributed by atoms with Crippen molar-refractivity contribution in [2.75, 3.05) is 12.3 Å². The monoisotopic (exact) mass is 359 g/mol. The molecule has 132 valence electrons. The summed E-state index contributed by atoms with van der Waals surface area (Å²) < 4.78 is 1.81. The number of carbonyl (C=O) groups excluding carboxylic acids is 2. The van der Waals surface area contributed by atoms with Crippen molar-refractivity contribution >= 4 is 23.6 Å². The van der Waals surface area contributed by atoms with Crippen molar-refractivity contribution in [1.29, 1.82) is 0 Å². The standard InChI is InChI=1S/C17H21N5O2S/c1-17(2,3)22-16(18-19-20-22)25-11-7-6-10-21-14(23)12-8-4-5-9-13(12)15(21)24/h4-5,8-9H,6-7,10-11H2,1-3H3. The van der Waals surface area contributed by atoms with Crippen molar-refractivity contribution in [3.8, 4) is 0 Å². The Labute approximate surface area is 150 Å². The minimum absolute atomic E-state index is 0.161. The van der Waals surface area contributed by atoms with Gasteiger partial charge in [-0.25, -0.2) is 4.68 Å². The summed E-state index contributed by atoms with van der Waals surface area (Å²) in [4.78, 5) is 25.9. The molecule has 0 radical (unpaired) electrons. The highest BCUT2D eigenvalue weighted by atomic mass is 32.2. The Morgan fingerprint density at radius 3 is 2.28 bits per heavy atom. The van der Waals surface area contributed by atoms with Crippen LogP contribution in [0.4, 0.5) is 0 Å². The molecule has 1 aliphatic heterocycles. The van der Waals surface area contributed by atoms with Crippen LogP contribution in [-0.4, -0.2) is 49.2 Å². The van der Waals surface area contributed by atoms with Gasteiger partial charge < -0.3 is 0 Å². The number of thioether (sulfide) groups is 1. The SMILES string of the molecule is CC(C)(C)n1nnnc1SCCCCN1C(=O)c2ccccc2C1=O. The van der Waals surface area contributed by atoms with E-state index >= 15 is 0 Å². The lowest BCUT2D eigenvalue weighted by atomic mass is 10.1. The van der Waals surface area contributed by atoms with Gasteiger partial charge in [-0.3, -0.25) is 14.5 Å². The van der Waals surface area contributed by atoms with E-state index in [1.54, 1.807) is 36.0 Å². The van der Waals surface area contributed by atoms with Gasteiger partial charge in [-0.05, 0) is 56.2 Å². The highest BCUT2D eigenvalue weighted by Gasteiger charge is 2.34. The van der Waals surface area contributed by atoms with Crippen molar-refractivity contribution in [3.05, 3.63) is 35.4 Å². The number of tetrazole rings is 1. The first kappa shape index (κ1) is 17.6. The molecule has 0 atom stereocenters. The van der Waals surface area contributed by atoms with E-state index in [4.69, 9.17) is 0 Å². The third-order valence-electron chi connectivity index (χ3n) is 3.96. The number of hydrogen-bond donors (Lipinski definition) is 0. The van der Waals surface area contributed by atoms with E-state index in [-0.39, 0.29) is 17.4 Å². The number of imide groups is 1. The third-order valence-corrected chi connectivity index (χ3v) is 4.97. The summed E-state index contributed by atoms with van der Waals surface area (Å²) in [5.74, 6) is 0.453. The van der Waals surface area contributed by atoms with Crippen LogP contribution in [0.5, 0.6) is 0 Å². The van der Waals surface area contributed by atoms with Crippen LogP contribution in [0.1, 0.15) is 54.3 Å². The van der Waals surface area contributed by atoms with Crippen molar-refractivity contribution in [2.24, 2.45) is 0 Å². The van der Waals surface area contributed by atoms with Crippen LogP contribution < -0.4 is 0 Å². The van der Waals surface area contributed by atoms with E-state index in [0.29, 0.717) is 17.7 Å². The first-order valence-corrected chi connectivity index (χ1v) is 9.25. The Morgan fingerprint density at radius 2 is 1.68 bits per heavy atom. The van der Waals surface area contributed by atoms with Gasteiger partial charge in [-0.1, -0.05) is 23.9 Å². The van der Waals surface area contributed by atoms with E-state index < -0.39 is 0 Å². The van der Waals surface area contributed by atoms with Crippen LogP contribution in [-0.2, 0) is 5.54 Å². The van der Waals surface area contributed by atoms with Crippen LogP contribution in [0.2, 0.25) is 0 Å². The molecule has 0 aliphatic carbocycles. The summed E-state index contributed by atoms with van der Waals surface area (Å²) in [6.07, 6.45) is 1.63. The van der Waals surface area contributed by atoms with Crippen LogP contribution >= 0.6 is 11.8 Å². The maximum Gasteiger partial charge on any atom is 0.261 e. The van der Waals surface area contributed by atoms with Gasteiger partial charge in [0, 0.05) is 12.3 Å².